The molecule has 0 aromatic rings. The van der Waals surface area contributed by atoms with Crippen LogP contribution in [0.5, 0.6) is 0 Å². The molecule has 2 heterocycles. The predicted octanol–water partition coefficient (Wildman–Crippen LogP) is 1.25. The number of nitrogens with one attached hydrogen (secondary N) is 2. The first kappa shape index (κ1) is 27.2. The van der Waals surface area contributed by atoms with E-state index in [4.69, 9.17) is 16.3 Å². The van der Waals surface area contributed by atoms with E-state index in [1.165, 1.54) is 31.0 Å². The van der Waals surface area contributed by atoms with Crippen LogP contribution in [0.25, 0.3) is 0 Å². The van der Waals surface area contributed by atoms with E-state index >= 15 is 0 Å². The molecular formula is C19H36Cl2N2O5S. The molecule has 7 nitrogen and oxygen atoms in total. The Hall–Kier alpha value is 0.200. The van der Waals surface area contributed by atoms with Crippen LogP contribution in [-0.2, 0) is 9.53 Å². The van der Waals surface area contributed by atoms with Gasteiger partial charge >= 0.3 is 0 Å². The quantitative estimate of drug-likeness (QED) is 0.252. The Kier molecular flexibility index (Phi) is 12.1. The van der Waals surface area contributed by atoms with E-state index in [2.05, 4.69) is 17.6 Å². The molecule has 9 atom stereocenters. The molecule has 2 rings (SSSR count). The lowest BCUT2D eigenvalue weighted by atomic mass is 9.92. The van der Waals surface area contributed by atoms with Gasteiger partial charge in [0.2, 0.25) is 5.91 Å². The normalized spacial score (nSPS) is 36.9. The monoisotopic (exact) mass is 474 g/mol. The second-order valence-corrected chi connectivity index (χ2v) is 9.57. The summed E-state index contributed by atoms with van der Waals surface area (Å²) in [6, 6.07) is -0.987. The molecule has 1 unspecified atom stereocenters. The van der Waals surface area contributed by atoms with Crippen molar-refractivity contribution in [3.63, 3.8) is 0 Å². The zero-order chi connectivity index (χ0) is 20.8. The van der Waals surface area contributed by atoms with Crippen LogP contribution >= 0.6 is 35.8 Å². The van der Waals surface area contributed by atoms with Gasteiger partial charge in [-0.3, -0.25) is 4.79 Å². The van der Waals surface area contributed by atoms with Gasteiger partial charge in [-0.05, 0) is 38.5 Å². The summed E-state index contributed by atoms with van der Waals surface area (Å²) < 4.78 is 5.79. The maximum Gasteiger partial charge on any atom is 0.237 e. The first-order chi connectivity index (χ1) is 13.3. The number of carbonyl (C=O) groups is 1. The number of unbranched alkanes of at least 4 members (excludes halogenated alkanes) is 2. The molecule has 10 heteroatoms. The van der Waals surface area contributed by atoms with Gasteiger partial charge in [0.05, 0.1) is 17.5 Å². The summed E-state index contributed by atoms with van der Waals surface area (Å²) >= 11 is 7.54. The molecule has 0 aromatic carbocycles. The maximum absolute atomic E-state index is 12.8. The number of alkyl halides is 1. The number of amides is 1. The van der Waals surface area contributed by atoms with Crippen LogP contribution in [0, 0.1) is 5.92 Å². The van der Waals surface area contributed by atoms with Gasteiger partial charge in [-0.1, -0.05) is 26.2 Å². The fourth-order valence-electron chi connectivity index (χ4n) is 4.00. The smallest absolute Gasteiger partial charge is 0.237 e. The summed E-state index contributed by atoms with van der Waals surface area (Å²) in [5, 5.41) is 36.3. The highest BCUT2D eigenvalue weighted by Gasteiger charge is 2.48. The van der Waals surface area contributed by atoms with E-state index < -0.39 is 41.3 Å². The second-order valence-electron chi connectivity index (χ2n) is 7.95. The Bertz CT molecular complexity index is 503. The van der Waals surface area contributed by atoms with Crippen LogP contribution < -0.4 is 10.6 Å². The first-order valence-corrected chi connectivity index (χ1v) is 11.9. The zero-order valence-corrected chi connectivity index (χ0v) is 19.7. The minimum Gasteiger partial charge on any atom is -0.388 e. The van der Waals surface area contributed by atoms with Crippen molar-refractivity contribution in [2.45, 2.75) is 93.3 Å². The Balaban J connectivity index is 0.00000420. The highest BCUT2D eigenvalue weighted by atomic mass is 35.5. The lowest BCUT2D eigenvalue weighted by Crippen LogP contribution is -2.65. The third-order valence-electron chi connectivity index (χ3n) is 5.75. The fourth-order valence-corrected chi connectivity index (χ4v) is 4.89. The average molecular weight is 475 g/mol. The molecule has 2 saturated heterocycles. The van der Waals surface area contributed by atoms with Crippen LogP contribution in [-0.4, -0.2) is 81.3 Å². The molecule has 0 spiro atoms. The highest BCUT2D eigenvalue weighted by Crippen LogP contribution is 2.30. The SMILES string of the molecule is CCCCCC1CN[C@H](C(=O)N[C@H]([C@H]2O[C@H](SC)[C@H](O)[C@@H](O)[C@H]2O)[C@@H](C)Cl)C1.Cl. The van der Waals surface area contributed by atoms with Crippen LogP contribution in [0.4, 0.5) is 0 Å². The Morgan fingerprint density at radius 3 is 2.55 bits per heavy atom. The minimum atomic E-state index is -1.36. The van der Waals surface area contributed by atoms with Gasteiger partial charge in [0.25, 0.3) is 0 Å². The van der Waals surface area contributed by atoms with Gasteiger partial charge in [0, 0.05) is 0 Å². The van der Waals surface area contributed by atoms with Crippen molar-refractivity contribution in [2.24, 2.45) is 5.92 Å². The summed E-state index contributed by atoms with van der Waals surface area (Å²) in [4.78, 5) is 12.8. The Labute approximate surface area is 189 Å². The standard InChI is InChI=1S/C19H35ClN2O5S.ClH/c1-4-5-6-7-11-8-12(21-9-11)18(26)22-13(10(2)20)17-15(24)14(23)16(25)19(27-17)28-3;/h10-17,19,21,23-25H,4-9H2,1-3H3,(H,22,26);1H/t10-,11?,12+,13+,14+,15-,16-,17-,19-;/m1./s1. The molecule has 2 aliphatic heterocycles. The molecular weight excluding hydrogens is 439 g/mol. The lowest BCUT2D eigenvalue weighted by Gasteiger charge is -2.44. The number of hydrogen-bond donors (Lipinski definition) is 5. The minimum absolute atomic E-state index is 0. The van der Waals surface area contributed by atoms with Crippen LogP contribution in [0.2, 0.25) is 0 Å². The number of aliphatic hydroxyl groups is 3. The van der Waals surface area contributed by atoms with Crippen molar-refractivity contribution in [3.8, 4) is 0 Å². The number of carbonyl (C=O) groups excluding carboxylic acids is 1. The van der Waals surface area contributed by atoms with Gasteiger partial charge in [-0.2, -0.15) is 0 Å². The van der Waals surface area contributed by atoms with E-state index in [1.54, 1.807) is 13.2 Å². The van der Waals surface area contributed by atoms with Crippen LogP contribution in [0.15, 0.2) is 0 Å². The summed E-state index contributed by atoms with van der Waals surface area (Å²) in [5.41, 5.74) is -0.703. The number of hydrogen-bond acceptors (Lipinski definition) is 7. The largest absolute Gasteiger partial charge is 0.388 e. The van der Waals surface area contributed by atoms with Gasteiger partial charge in [0.1, 0.15) is 29.9 Å². The van der Waals surface area contributed by atoms with Crippen molar-refractivity contribution >= 4 is 41.7 Å². The molecule has 0 aliphatic carbocycles. The molecule has 5 N–H and O–H groups in total. The number of ether oxygens (including phenoxy) is 1. The Morgan fingerprint density at radius 2 is 1.97 bits per heavy atom. The van der Waals surface area contributed by atoms with Gasteiger partial charge in [0.15, 0.2) is 0 Å². The predicted molar refractivity (Wildman–Crippen MR) is 119 cm³/mol. The topological polar surface area (TPSA) is 111 Å². The molecule has 0 saturated carbocycles. The third-order valence-corrected chi connectivity index (χ3v) is 6.88. The molecule has 2 aliphatic rings. The van der Waals surface area contributed by atoms with Crippen LogP contribution in [0.3, 0.4) is 0 Å². The van der Waals surface area contributed by atoms with Crippen LogP contribution in [0.1, 0.15) is 46.0 Å². The Morgan fingerprint density at radius 1 is 1.28 bits per heavy atom. The molecule has 1 amide bonds. The molecule has 29 heavy (non-hydrogen) atoms. The number of thioether (sulfide) groups is 1. The number of rotatable bonds is 9. The molecule has 172 valence electrons. The summed E-state index contributed by atoms with van der Waals surface area (Å²) in [6.45, 7) is 4.71. The van der Waals surface area contributed by atoms with Gasteiger partial charge < -0.3 is 30.7 Å². The second kappa shape index (κ2) is 12.9. The number of halogens is 2. The van der Waals surface area contributed by atoms with Crippen molar-refractivity contribution in [2.75, 3.05) is 12.8 Å². The summed E-state index contributed by atoms with van der Waals surface area (Å²) in [7, 11) is 0. The number of aliphatic hydroxyl groups excluding tert-OH is 3. The van der Waals surface area contributed by atoms with E-state index in [1.807, 2.05) is 0 Å². The van der Waals surface area contributed by atoms with E-state index in [0.717, 1.165) is 19.4 Å². The summed E-state index contributed by atoms with van der Waals surface area (Å²) in [6.07, 6.45) is 2.39. The van der Waals surface area contributed by atoms with Crippen molar-refractivity contribution in [3.05, 3.63) is 0 Å². The summed E-state index contributed by atoms with van der Waals surface area (Å²) in [5.74, 6) is 0.316. The molecule has 0 bridgehead atoms. The van der Waals surface area contributed by atoms with Gasteiger partial charge in [-0.15, -0.1) is 35.8 Å². The maximum atomic E-state index is 12.8. The molecule has 2 fully saturated rings. The van der Waals surface area contributed by atoms with Crippen molar-refractivity contribution < 1.29 is 24.9 Å². The van der Waals surface area contributed by atoms with E-state index in [0.29, 0.717) is 5.92 Å². The fraction of sp³-hybridized carbons (Fsp3) is 0.947. The van der Waals surface area contributed by atoms with Crippen molar-refractivity contribution in [1.29, 1.82) is 0 Å². The highest BCUT2D eigenvalue weighted by molar-refractivity contribution is 7.99. The van der Waals surface area contributed by atoms with Crippen molar-refractivity contribution in [1.82, 2.24) is 10.6 Å². The van der Waals surface area contributed by atoms with E-state index in [-0.39, 0.29) is 24.4 Å². The lowest BCUT2D eigenvalue weighted by molar-refractivity contribution is -0.205. The third kappa shape index (κ3) is 7.10. The molecule has 0 radical (unpaired) electrons. The first-order valence-electron chi connectivity index (χ1n) is 10.2. The molecule has 0 aromatic heterocycles. The average Bonchev–Trinajstić information content (AvgIpc) is 3.14. The van der Waals surface area contributed by atoms with Gasteiger partial charge in [-0.25, -0.2) is 0 Å². The van der Waals surface area contributed by atoms with E-state index in [9.17, 15) is 20.1 Å². The zero-order valence-electron chi connectivity index (χ0n) is 17.3.